The van der Waals surface area contributed by atoms with Crippen LogP contribution < -0.4 is 4.74 Å². The van der Waals surface area contributed by atoms with Crippen molar-refractivity contribution in [3.63, 3.8) is 0 Å². The number of methoxy groups -OCH3 is 1. The van der Waals surface area contributed by atoms with Crippen LogP contribution in [-0.4, -0.2) is 57.2 Å². The van der Waals surface area contributed by atoms with Crippen LogP contribution in [0.3, 0.4) is 0 Å². The molecular formula is C25H30N4O4. The number of carbonyl (C=O) groups excluding carboxylic acids is 1. The number of ketones is 1. The van der Waals surface area contributed by atoms with Crippen molar-refractivity contribution in [3.05, 3.63) is 48.1 Å². The average molecular weight is 451 g/mol. The maximum absolute atomic E-state index is 11.9. The van der Waals surface area contributed by atoms with E-state index in [1.54, 1.807) is 13.4 Å². The van der Waals surface area contributed by atoms with E-state index in [2.05, 4.69) is 15.0 Å². The minimum atomic E-state index is -0.494. The van der Waals surface area contributed by atoms with E-state index >= 15 is 0 Å². The number of fused-ring (bicyclic) bond motifs is 1. The number of aliphatic hydroxyl groups excluding tert-OH is 1. The first-order valence-corrected chi connectivity index (χ1v) is 11.5. The van der Waals surface area contributed by atoms with Crippen LogP contribution in [0, 0.1) is 18.8 Å². The van der Waals surface area contributed by atoms with Gasteiger partial charge in [-0.3, -0.25) is 4.79 Å². The highest BCUT2D eigenvalue weighted by Gasteiger charge is 2.56. The Morgan fingerprint density at radius 2 is 2.06 bits per heavy atom. The lowest BCUT2D eigenvalue weighted by Gasteiger charge is -2.34. The number of amidine groups is 1. The Labute approximate surface area is 193 Å². The van der Waals surface area contributed by atoms with Gasteiger partial charge in [0.1, 0.15) is 11.5 Å². The van der Waals surface area contributed by atoms with E-state index in [4.69, 9.17) is 9.57 Å². The summed E-state index contributed by atoms with van der Waals surface area (Å²) in [7, 11) is 1.66. The van der Waals surface area contributed by atoms with Crippen LogP contribution >= 0.6 is 0 Å². The minimum absolute atomic E-state index is 0.112. The molecule has 0 amide bonds. The highest BCUT2D eigenvalue weighted by Crippen LogP contribution is 2.52. The number of imidazole rings is 1. The van der Waals surface area contributed by atoms with E-state index < -0.39 is 5.72 Å². The number of Topliss-reactive ketones (excluding diaryl/α,β-unsaturated/α-hetero) is 1. The van der Waals surface area contributed by atoms with Gasteiger partial charge in [-0.2, -0.15) is 0 Å². The summed E-state index contributed by atoms with van der Waals surface area (Å²) in [6, 6.07) is 6.02. The molecule has 8 heteroatoms. The van der Waals surface area contributed by atoms with Crippen molar-refractivity contribution < 1.29 is 19.5 Å². The van der Waals surface area contributed by atoms with Crippen LogP contribution in [0.25, 0.3) is 11.8 Å². The van der Waals surface area contributed by atoms with Crippen molar-refractivity contribution in [2.45, 2.75) is 44.8 Å². The fourth-order valence-electron chi connectivity index (χ4n) is 5.52. The first kappa shape index (κ1) is 21.7. The Balaban J connectivity index is 1.36. The predicted molar refractivity (Wildman–Crippen MR) is 124 cm³/mol. The summed E-state index contributed by atoms with van der Waals surface area (Å²) < 4.78 is 7.56. The number of oxime groups is 1. The molecule has 2 atom stereocenters. The number of hydrogen-bond donors (Lipinski definition) is 1. The number of aromatic nitrogens is 2. The molecule has 0 bridgehead atoms. The van der Waals surface area contributed by atoms with E-state index in [9.17, 15) is 9.90 Å². The zero-order valence-corrected chi connectivity index (χ0v) is 19.1. The molecule has 2 unspecified atom stereocenters. The highest BCUT2D eigenvalue weighted by molar-refractivity contribution is 5.97. The highest BCUT2D eigenvalue weighted by atomic mass is 16.7. The van der Waals surface area contributed by atoms with Gasteiger partial charge in [-0.05, 0) is 49.0 Å². The lowest BCUT2D eigenvalue weighted by atomic mass is 10.0. The molecule has 1 spiro atoms. The fourth-order valence-corrected chi connectivity index (χ4v) is 5.52. The topological polar surface area (TPSA) is 89.2 Å². The molecule has 3 aliphatic rings. The number of hydrogen-bond acceptors (Lipinski definition) is 7. The van der Waals surface area contributed by atoms with Gasteiger partial charge in [0.15, 0.2) is 5.84 Å². The minimum Gasteiger partial charge on any atom is -0.495 e. The Morgan fingerprint density at radius 3 is 2.73 bits per heavy atom. The molecular weight excluding hydrogens is 420 g/mol. The summed E-state index contributed by atoms with van der Waals surface area (Å²) in [5, 5.41) is 13.9. The number of ether oxygens (including phenoxy) is 1. The second-order valence-electron chi connectivity index (χ2n) is 9.28. The maximum atomic E-state index is 11.9. The van der Waals surface area contributed by atoms with Gasteiger partial charge in [0, 0.05) is 45.0 Å². The monoisotopic (exact) mass is 450 g/mol. The zero-order chi connectivity index (χ0) is 23.0. The van der Waals surface area contributed by atoms with Crippen molar-refractivity contribution >= 4 is 17.7 Å². The fraction of sp³-hybridized carbons (Fsp3) is 0.480. The number of rotatable bonds is 7. The molecule has 1 aromatic carbocycles. The Morgan fingerprint density at radius 1 is 1.27 bits per heavy atom. The zero-order valence-electron chi connectivity index (χ0n) is 19.1. The second-order valence-corrected chi connectivity index (χ2v) is 9.28. The van der Waals surface area contributed by atoms with E-state index in [0.717, 1.165) is 41.4 Å². The summed E-state index contributed by atoms with van der Waals surface area (Å²) in [5.41, 5.74) is 2.35. The maximum Gasteiger partial charge on any atom is 0.212 e. The summed E-state index contributed by atoms with van der Waals surface area (Å²) in [4.78, 5) is 24.4. The molecule has 2 fully saturated rings. The van der Waals surface area contributed by atoms with Gasteiger partial charge in [-0.1, -0.05) is 17.3 Å². The lowest BCUT2D eigenvalue weighted by molar-refractivity contribution is -0.120. The summed E-state index contributed by atoms with van der Waals surface area (Å²) in [6.07, 6.45) is 11.2. The molecule has 0 saturated heterocycles. The molecule has 2 aliphatic carbocycles. The van der Waals surface area contributed by atoms with Gasteiger partial charge in [0.2, 0.25) is 5.72 Å². The van der Waals surface area contributed by atoms with Crippen molar-refractivity contribution in [2.75, 3.05) is 20.3 Å². The normalized spacial score (nSPS) is 26.3. The van der Waals surface area contributed by atoms with Crippen molar-refractivity contribution in [1.29, 1.82) is 0 Å². The SMILES string of the molecule is COc1cc(/C=C/C2=NOC3(CC4CC(=O)CC4C3)N2CCCO)ccc1-n1cnc(C)c1. The van der Waals surface area contributed by atoms with E-state index in [-0.39, 0.29) is 6.61 Å². The Bertz CT molecular complexity index is 1090. The summed E-state index contributed by atoms with van der Waals surface area (Å²) in [6.45, 7) is 2.73. The van der Waals surface area contributed by atoms with Gasteiger partial charge < -0.3 is 24.1 Å². The number of carbonyl (C=O) groups is 1. The van der Waals surface area contributed by atoms with Crippen LogP contribution in [0.15, 0.2) is 42.0 Å². The van der Waals surface area contributed by atoms with Crippen LogP contribution in [0.1, 0.15) is 43.4 Å². The molecule has 1 N–H and O–H groups in total. The first-order chi connectivity index (χ1) is 16.0. The molecule has 0 radical (unpaired) electrons. The predicted octanol–water partition coefficient (Wildman–Crippen LogP) is 3.32. The number of benzene rings is 1. The van der Waals surface area contributed by atoms with Gasteiger partial charge in [-0.25, -0.2) is 4.98 Å². The molecule has 8 nitrogen and oxygen atoms in total. The van der Waals surface area contributed by atoms with E-state index in [1.165, 1.54) is 0 Å². The Hall–Kier alpha value is -3.13. The molecule has 174 valence electrons. The molecule has 2 aromatic rings. The molecule has 33 heavy (non-hydrogen) atoms. The standard InChI is InChI=1S/C25H30N4O4/c1-17-15-28(16-26-17)22-6-4-18(10-23(22)32-2)5-7-24-27-33-25(29(24)8-3-9-30)13-19-11-21(31)12-20(19)14-25/h4-7,10,15-16,19-20,30H,3,8-9,11-14H2,1-2H3/b7-5+. The average Bonchev–Trinajstić information content (AvgIpc) is 3.54. The molecule has 1 aliphatic heterocycles. The van der Waals surface area contributed by atoms with Crippen molar-refractivity contribution in [1.82, 2.24) is 14.5 Å². The van der Waals surface area contributed by atoms with Crippen LogP contribution in [-0.2, 0) is 9.63 Å². The quantitative estimate of drug-likeness (QED) is 0.696. The molecule has 2 saturated carbocycles. The van der Waals surface area contributed by atoms with Crippen LogP contribution in [0.2, 0.25) is 0 Å². The molecule has 2 heterocycles. The van der Waals surface area contributed by atoms with Crippen LogP contribution in [0.4, 0.5) is 0 Å². The molecule has 5 rings (SSSR count). The third kappa shape index (κ3) is 4.04. The van der Waals surface area contributed by atoms with Gasteiger partial charge in [-0.15, -0.1) is 0 Å². The van der Waals surface area contributed by atoms with Gasteiger partial charge in [0.05, 0.1) is 24.8 Å². The van der Waals surface area contributed by atoms with Gasteiger partial charge in [0.25, 0.3) is 0 Å². The number of aryl methyl sites for hydroxylation is 1. The van der Waals surface area contributed by atoms with Crippen molar-refractivity contribution in [3.8, 4) is 11.4 Å². The van der Waals surface area contributed by atoms with E-state index in [1.807, 2.05) is 48.0 Å². The smallest absolute Gasteiger partial charge is 0.212 e. The summed E-state index contributed by atoms with van der Waals surface area (Å²) >= 11 is 0. The Kier molecular flexibility index (Phi) is 5.70. The van der Waals surface area contributed by atoms with Crippen LogP contribution in [0.5, 0.6) is 5.75 Å². The third-order valence-electron chi connectivity index (χ3n) is 7.04. The summed E-state index contributed by atoms with van der Waals surface area (Å²) in [5.74, 6) is 2.61. The molecule has 1 aromatic heterocycles. The van der Waals surface area contributed by atoms with Crippen molar-refractivity contribution in [2.24, 2.45) is 17.0 Å². The second kappa shape index (κ2) is 8.67. The third-order valence-corrected chi connectivity index (χ3v) is 7.04. The largest absolute Gasteiger partial charge is 0.495 e. The number of nitrogens with zero attached hydrogens (tertiary/aromatic N) is 4. The first-order valence-electron chi connectivity index (χ1n) is 11.5. The van der Waals surface area contributed by atoms with E-state index in [0.29, 0.717) is 43.4 Å². The number of aliphatic hydroxyl groups is 1. The van der Waals surface area contributed by atoms with Gasteiger partial charge >= 0.3 is 0 Å². The lowest BCUT2D eigenvalue weighted by Crippen LogP contribution is -2.47.